The van der Waals surface area contributed by atoms with E-state index in [2.05, 4.69) is 24.4 Å². The fourth-order valence-electron chi connectivity index (χ4n) is 4.58. The summed E-state index contributed by atoms with van der Waals surface area (Å²) in [6.45, 7) is 1.78. The van der Waals surface area contributed by atoms with Crippen molar-refractivity contribution in [1.29, 1.82) is 0 Å². The predicted octanol–water partition coefficient (Wildman–Crippen LogP) is 3.51. The average molecular weight is 399 g/mol. The van der Waals surface area contributed by atoms with Gasteiger partial charge in [0.15, 0.2) is 5.75 Å². The van der Waals surface area contributed by atoms with Crippen LogP contribution in [0.3, 0.4) is 0 Å². The van der Waals surface area contributed by atoms with Gasteiger partial charge in [0.2, 0.25) is 0 Å². The normalized spacial score (nSPS) is 23.0. The zero-order valence-electron chi connectivity index (χ0n) is 15.5. The molecule has 2 N–H and O–H groups in total. The van der Waals surface area contributed by atoms with Gasteiger partial charge in [-0.2, -0.15) is 0 Å². The number of carboxylic acid groups (broad SMARTS) is 1. The fraction of sp³-hybridized carbons (Fsp3) is 0.381. The average Bonchev–Trinajstić information content (AvgIpc) is 2.99. The Morgan fingerprint density at radius 3 is 2.93 bits per heavy atom. The number of Topliss-reactive ketones (excluding diaryl/α,β-unsaturated/α-hetero) is 1. The topological polar surface area (TPSA) is 84.9 Å². The first kappa shape index (κ1) is 18.7. The van der Waals surface area contributed by atoms with Gasteiger partial charge in [0, 0.05) is 11.8 Å². The van der Waals surface area contributed by atoms with Crippen LogP contribution in [0.15, 0.2) is 30.3 Å². The molecule has 2 aliphatic rings. The Hall–Kier alpha value is -2.67. The molecule has 4 rings (SSSR count). The number of carbonyl (C=O) groups excluding carboxylic acids is 1. The molecule has 2 aliphatic carbocycles. The fourth-order valence-corrected chi connectivity index (χ4v) is 4.69. The Balaban J connectivity index is 1.55. The van der Waals surface area contributed by atoms with Crippen LogP contribution in [-0.4, -0.2) is 28.6 Å². The third kappa shape index (κ3) is 3.20. The third-order valence-electron chi connectivity index (χ3n) is 6.07. The van der Waals surface area contributed by atoms with Gasteiger partial charge >= 0.3 is 11.1 Å². The number of nitrogens with one attached hydrogen (secondary N) is 1. The lowest BCUT2D eigenvalue weighted by molar-refractivity contribution is -0.136. The lowest BCUT2D eigenvalue weighted by Crippen LogP contribution is -2.32. The van der Waals surface area contributed by atoms with Gasteiger partial charge in [0.1, 0.15) is 12.3 Å². The summed E-state index contributed by atoms with van der Waals surface area (Å²) in [5, 5.41) is 13.1. The number of fused-ring (bicyclic) bond motifs is 5. The molecule has 146 valence electrons. The lowest BCUT2D eigenvalue weighted by Gasteiger charge is -2.37. The Morgan fingerprint density at radius 2 is 2.14 bits per heavy atom. The van der Waals surface area contributed by atoms with Crippen LogP contribution in [0, 0.1) is 5.41 Å². The van der Waals surface area contributed by atoms with Gasteiger partial charge in [-0.3, -0.25) is 19.4 Å². The molecule has 0 aliphatic heterocycles. The molecule has 0 radical (unpaired) electrons. The molecule has 7 heteroatoms. The Morgan fingerprint density at radius 1 is 1.32 bits per heavy atom. The van der Waals surface area contributed by atoms with Gasteiger partial charge in [0.05, 0.1) is 0 Å². The van der Waals surface area contributed by atoms with Crippen LogP contribution >= 0.6 is 12.2 Å². The largest absolute Gasteiger partial charge is 0.480 e. The molecule has 0 spiro atoms. The number of ketones is 1. The van der Waals surface area contributed by atoms with Gasteiger partial charge in [-0.25, -0.2) is 0 Å². The summed E-state index contributed by atoms with van der Waals surface area (Å²) < 4.78 is 0. The molecule has 2 atom stereocenters. The quantitative estimate of drug-likeness (QED) is 0.462. The number of carbonyl (C=O) groups is 2. The molecule has 28 heavy (non-hydrogen) atoms. The van der Waals surface area contributed by atoms with E-state index in [1.165, 1.54) is 11.1 Å². The highest BCUT2D eigenvalue weighted by Crippen LogP contribution is 2.54. The Kier molecular flexibility index (Phi) is 4.71. The molecule has 2 aromatic rings. The first-order chi connectivity index (χ1) is 13.4. The highest BCUT2D eigenvalue weighted by atomic mass is 32.1. The van der Waals surface area contributed by atoms with Crippen molar-refractivity contribution in [1.82, 2.24) is 5.32 Å². The van der Waals surface area contributed by atoms with E-state index in [1.807, 2.05) is 12.1 Å². The van der Waals surface area contributed by atoms with E-state index in [0.29, 0.717) is 23.9 Å². The van der Waals surface area contributed by atoms with E-state index in [1.54, 1.807) is 6.07 Å². The maximum atomic E-state index is 12.4. The van der Waals surface area contributed by atoms with Gasteiger partial charge < -0.3 is 10.4 Å². The second-order valence-electron chi connectivity index (χ2n) is 7.65. The highest BCUT2D eigenvalue weighted by Gasteiger charge is 2.49. The van der Waals surface area contributed by atoms with Gasteiger partial charge in [-0.15, -0.1) is 0 Å². The van der Waals surface area contributed by atoms with Crippen LogP contribution < -0.4 is 10.2 Å². The summed E-state index contributed by atoms with van der Waals surface area (Å²) in [6.07, 6.45) is 3.40. The van der Waals surface area contributed by atoms with Gasteiger partial charge in [-0.05, 0) is 71.4 Å². The maximum Gasteiger partial charge on any atom is 0.323 e. The first-order valence-electron chi connectivity index (χ1n) is 9.31. The van der Waals surface area contributed by atoms with Gasteiger partial charge in [-0.1, -0.05) is 25.1 Å². The maximum absolute atomic E-state index is 12.4. The van der Waals surface area contributed by atoms with E-state index in [4.69, 9.17) is 27.1 Å². The molecule has 0 saturated heterocycles. The number of rotatable bonds is 4. The van der Waals surface area contributed by atoms with Crippen molar-refractivity contribution in [3.8, 4) is 5.75 Å². The summed E-state index contributed by atoms with van der Waals surface area (Å²) in [4.78, 5) is 33.0. The van der Waals surface area contributed by atoms with Gasteiger partial charge in [0.25, 0.3) is 0 Å². The molecule has 1 fully saturated rings. The number of carboxylic acids is 1. The number of thiocarbonyl (C=S) groups is 1. The van der Waals surface area contributed by atoms with Crippen molar-refractivity contribution in [3.63, 3.8) is 0 Å². The zero-order valence-corrected chi connectivity index (χ0v) is 16.3. The van der Waals surface area contributed by atoms with E-state index in [-0.39, 0.29) is 17.1 Å². The van der Waals surface area contributed by atoms with Crippen LogP contribution in [-0.2, 0) is 20.9 Å². The number of aliphatic carboxylic acids is 1. The summed E-state index contributed by atoms with van der Waals surface area (Å²) >= 11 is 4.86. The molecule has 0 amide bonds. The minimum absolute atomic E-state index is 0.141. The number of aryl methyl sites for hydroxylation is 1. The van der Waals surface area contributed by atoms with Crippen LogP contribution in [0.25, 0.3) is 10.8 Å². The summed E-state index contributed by atoms with van der Waals surface area (Å²) in [7, 11) is 0. The molecule has 0 bridgehead atoms. The smallest absolute Gasteiger partial charge is 0.323 e. The predicted molar refractivity (Wildman–Crippen MR) is 107 cm³/mol. The summed E-state index contributed by atoms with van der Waals surface area (Å²) in [5.74, 6) is 0.145. The molecule has 0 heterocycles. The van der Waals surface area contributed by atoms with Crippen LogP contribution in [0.2, 0.25) is 0 Å². The molecule has 1 unspecified atom stereocenters. The minimum Gasteiger partial charge on any atom is -0.480 e. The Labute approximate surface area is 167 Å². The second-order valence-corrected chi connectivity index (χ2v) is 8.02. The number of hydrogen-bond donors (Lipinski definition) is 2. The highest BCUT2D eigenvalue weighted by molar-refractivity contribution is 7.80. The van der Waals surface area contributed by atoms with E-state index >= 15 is 0 Å². The van der Waals surface area contributed by atoms with Crippen LogP contribution in [0.5, 0.6) is 5.75 Å². The van der Waals surface area contributed by atoms with Crippen molar-refractivity contribution in [2.75, 3.05) is 6.54 Å². The standard InChI is InChI=1S/C21H21NO5S/c1-21-9-8-15-14-5-3-13(26-27-20(28)22-11-19(24)25)10-12(14)2-4-16(15)17(21)6-7-18(21)23/h2-5,10,17H,6-9,11H2,1H3,(H,22,28)(H,24,25)/t17?,21-/m0/s1. The zero-order chi connectivity index (χ0) is 19.9. The van der Waals surface area contributed by atoms with Crippen molar-refractivity contribution in [3.05, 3.63) is 41.5 Å². The van der Waals surface area contributed by atoms with E-state index < -0.39 is 5.97 Å². The summed E-state index contributed by atoms with van der Waals surface area (Å²) in [6, 6.07) is 9.86. The van der Waals surface area contributed by atoms with Crippen molar-refractivity contribution in [2.24, 2.45) is 5.41 Å². The number of benzene rings is 2. The van der Waals surface area contributed by atoms with E-state index in [9.17, 15) is 9.59 Å². The third-order valence-corrected chi connectivity index (χ3v) is 6.28. The molecule has 0 aromatic heterocycles. The van der Waals surface area contributed by atoms with Crippen molar-refractivity contribution >= 4 is 39.9 Å². The second kappa shape index (κ2) is 7.05. The molecule has 1 saturated carbocycles. The molecule has 2 aromatic carbocycles. The van der Waals surface area contributed by atoms with Crippen LogP contribution in [0.1, 0.15) is 43.2 Å². The molecular formula is C21H21NO5S. The van der Waals surface area contributed by atoms with Crippen molar-refractivity contribution in [2.45, 2.75) is 38.5 Å². The number of hydrogen-bond acceptors (Lipinski definition) is 5. The lowest BCUT2D eigenvalue weighted by atomic mass is 9.66. The monoisotopic (exact) mass is 399 g/mol. The minimum atomic E-state index is -1.04. The SMILES string of the molecule is C[C@]12CCc3c(ccc4cc(OOC(=S)NCC(=O)O)ccc34)C1CCC2=O. The molecular weight excluding hydrogens is 378 g/mol. The molecule has 6 nitrogen and oxygen atoms in total. The van der Waals surface area contributed by atoms with Crippen LogP contribution in [0.4, 0.5) is 0 Å². The van der Waals surface area contributed by atoms with Crippen molar-refractivity contribution < 1.29 is 24.5 Å². The summed E-state index contributed by atoms with van der Waals surface area (Å²) in [5.41, 5.74) is 2.41. The Bertz CT molecular complexity index is 988. The van der Waals surface area contributed by atoms with E-state index in [0.717, 1.165) is 30.0 Å². The first-order valence-corrected chi connectivity index (χ1v) is 9.72.